The lowest BCUT2D eigenvalue weighted by atomic mass is 9.81. The summed E-state index contributed by atoms with van der Waals surface area (Å²) in [5, 5.41) is 0.597. The molecule has 2 amide bonds. The van der Waals surface area contributed by atoms with Crippen molar-refractivity contribution >= 4 is 45.0 Å². The molecule has 3 aliphatic heterocycles. The van der Waals surface area contributed by atoms with Crippen LogP contribution in [0.1, 0.15) is 95.8 Å². The van der Waals surface area contributed by atoms with Crippen molar-refractivity contribution < 1.29 is 55.5 Å². The van der Waals surface area contributed by atoms with Crippen LogP contribution in [0.25, 0.3) is 0 Å². The van der Waals surface area contributed by atoms with Gasteiger partial charge in [-0.25, -0.2) is 4.79 Å². The zero-order valence-corrected chi connectivity index (χ0v) is 40.5. The van der Waals surface area contributed by atoms with Crippen LogP contribution in [0.3, 0.4) is 0 Å². The standard InChI is InChI=1S/C50H67N4O10S/c1-35-16-20-41-39(33-35)49(2,3)43(51(41)26-31-61-8)22-17-36-13-10-14-37(18-23-44-50(4,5)40-34-38(65(58,59)60)19-21-42(40)52(44)27-32-62-9)48(36)63-30-12-29-54(6,7)28-11-15-47(57)64-53-45(55)24-25-46(53)56/h16-23,33-34H,10-15,24-32H2,1-9H3/q+1/p+1. The number of carbonyl (C=O) groups is 3. The van der Waals surface area contributed by atoms with Gasteiger partial charge in [-0.05, 0) is 87.1 Å². The first-order chi connectivity index (χ1) is 30.7. The number of hydrogen-bond acceptors (Lipinski definition) is 10. The maximum Gasteiger partial charge on any atom is 0.333 e. The summed E-state index contributed by atoms with van der Waals surface area (Å²) in [5.41, 5.74) is 8.82. The molecular weight excluding hydrogens is 849 g/mol. The molecule has 0 saturated carbocycles. The van der Waals surface area contributed by atoms with Gasteiger partial charge in [-0.15, -0.1) is 5.06 Å². The van der Waals surface area contributed by atoms with E-state index in [0.717, 1.165) is 66.1 Å². The van der Waals surface area contributed by atoms with E-state index in [1.807, 2.05) is 0 Å². The average Bonchev–Trinajstić information content (AvgIpc) is 3.75. The Morgan fingerprint density at radius 1 is 0.862 bits per heavy atom. The minimum Gasteiger partial charge on any atom is -0.493 e. The van der Waals surface area contributed by atoms with Crippen molar-refractivity contribution in [1.29, 1.82) is 0 Å². The summed E-state index contributed by atoms with van der Waals surface area (Å²) in [7, 11) is 3.19. The first kappa shape index (κ1) is 49.5. The van der Waals surface area contributed by atoms with E-state index in [9.17, 15) is 27.4 Å². The number of benzene rings is 2. The monoisotopic (exact) mass is 916 g/mol. The molecule has 0 atom stereocenters. The molecule has 1 N–H and O–H groups in total. The Morgan fingerprint density at radius 2 is 1.57 bits per heavy atom. The van der Waals surface area contributed by atoms with Crippen LogP contribution in [0, 0.1) is 6.92 Å². The predicted molar refractivity (Wildman–Crippen MR) is 249 cm³/mol. The highest BCUT2D eigenvalue weighted by molar-refractivity contribution is 7.85. The number of amides is 2. The van der Waals surface area contributed by atoms with Crippen molar-refractivity contribution in [2.24, 2.45) is 0 Å². The topological polar surface area (TPSA) is 152 Å². The van der Waals surface area contributed by atoms with Gasteiger partial charge in [0.25, 0.3) is 21.9 Å². The second-order valence-corrected chi connectivity index (χ2v) is 20.5. The number of quaternary nitrogens is 1. The average molecular weight is 917 g/mol. The third-order valence-electron chi connectivity index (χ3n) is 13.1. The summed E-state index contributed by atoms with van der Waals surface area (Å²) in [6.07, 6.45) is 12.8. The van der Waals surface area contributed by atoms with Crippen LogP contribution >= 0.6 is 0 Å². The number of carbonyl (C=O) groups excluding carboxylic acids is 3. The maximum absolute atomic E-state index is 12.5. The number of aryl methyl sites for hydroxylation is 1. The number of imide groups is 1. The van der Waals surface area contributed by atoms with Crippen LogP contribution < -0.4 is 4.90 Å². The van der Waals surface area contributed by atoms with Gasteiger partial charge in [-0.2, -0.15) is 13.0 Å². The molecule has 0 spiro atoms. The third kappa shape index (κ3) is 11.2. The number of anilines is 1. The van der Waals surface area contributed by atoms with Gasteiger partial charge >= 0.3 is 5.97 Å². The fourth-order valence-corrected chi connectivity index (χ4v) is 9.96. The van der Waals surface area contributed by atoms with Crippen LogP contribution in [0.2, 0.25) is 0 Å². The Bertz CT molecular complexity index is 2430. The summed E-state index contributed by atoms with van der Waals surface area (Å²) in [4.78, 5) is 43.5. The number of allylic oxidation sites excluding steroid dienone is 7. The van der Waals surface area contributed by atoms with E-state index >= 15 is 0 Å². The minimum absolute atomic E-state index is 0.0601. The van der Waals surface area contributed by atoms with Gasteiger partial charge in [0.1, 0.15) is 12.4 Å². The SMILES string of the molecule is COCCN1C(=CC=C2CCCC(C=CC3=[N+](CCOC)c4ccc(S(=O)(=O)O)cc4C3(C)C)=C2OCCC[N+](C)(C)CCCC(=O)ON2C(=O)CCC2=O)C(C)(C)c2cc(C)ccc21. The molecule has 65 heavy (non-hydrogen) atoms. The maximum atomic E-state index is 12.5. The van der Waals surface area contributed by atoms with Gasteiger partial charge in [0.2, 0.25) is 5.69 Å². The van der Waals surface area contributed by atoms with E-state index in [1.54, 1.807) is 26.4 Å². The first-order valence-corrected chi connectivity index (χ1v) is 24.1. The number of hydrogen-bond donors (Lipinski definition) is 1. The lowest BCUT2D eigenvalue weighted by molar-refractivity contribution is -0.890. The Balaban J connectivity index is 1.29. The molecule has 6 rings (SSSR count). The predicted octanol–water partition coefficient (Wildman–Crippen LogP) is 7.38. The lowest BCUT2D eigenvalue weighted by Gasteiger charge is -2.30. The molecule has 2 aromatic rings. The molecule has 15 heteroatoms. The smallest absolute Gasteiger partial charge is 0.333 e. The summed E-state index contributed by atoms with van der Waals surface area (Å²) in [6, 6.07) is 11.4. The van der Waals surface area contributed by atoms with Crippen LogP contribution in [-0.2, 0) is 54.4 Å². The first-order valence-electron chi connectivity index (χ1n) is 22.7. The lowest BCUT2D eigenvalue weighted by Crippen LogP contribution is -2.42. The Labute approximate surface area is 385 Å². The quantitative estimate of drug-likeness (QED) is 0.0466. The van der Waals surface area contributed by atoms with Crippen LogP contribution in [0.5, 0.6) is 0 Å². The second kappa shape index (κ2) is 20.3. The largest absolute Gasteiger partial charge is 0.493 e. The van der Waals surface area contributed by atoms with Crippen molar-refractivity contribution in [3.05, 3.63) is 100.0 Å². The zero-order valence-electron chi connectivity index (χ0n) is 39.7. The van der Waals surface area contributed by atoms with Crippen molar-refractivity contribution in [1.82, 2.24) is 5.06 Å². The van der Waals surface area contributed by atoms with E-state index in [-0.39, 0.29) is 29.6 Å². The van der Waals surface area contributed by atoms with Crippen LogP contribution in [0.15, 0.2) is 88.2 Å². The molecular formula is C50H68N4O10S+2. The summed E-state index contributed by atoms with van der Waals surface area (Å²) in [5.74, 6) is -0.714. The van der Waals surface area contributed by atoms with Gasteiger partial charge < -0.3 is 28.4 Å². The minimum atomic E-state index is -4.41. The fraction of sp³-hybridized carbons (Fsp3) is 0.520. The van der Waals surface area contributed by atoms with E-state index < -0.39 is 33.3 Å². The number of hydroxylamine groups is 2. The van der Waals surface area contributed by atoms with E-state index in [2.05, 4.69) is 101 Å². The van der Waals surface area contributed by atoms with Gasteiger partial charge in [-0.3, -0.25) is 14.1 Å². The molecule has 2 aromatic carbocycles. The van der Waals surface area contributed by atoms with Crippen molar-refractivity contribution in [3.8, 4) is 0 Å². The van der Waals surface area contributed by atoms with Gasteiger partial charge in [0.05, 0.1) is 57.1 Å². The molecule has 352 valence electrons. The number of rotatable bonds is 20. The van der Waals surface area contributed by atoms with Gasteiger partial charge in [0.15, 0.2) is 12.3 Å². The van der Waals surface area contributed by atoms with E-state index in [0.29, 0.717) is 55.4 Å². The van der Waals surface area contributed by atoms with E-state index in [1.165, 1.54) is 28.6 Å². The normalized spacial score (nSPS) is 19.7. The molecule has 0 aromatic heterocycles. The van der Waals surface area contributed by atoms with Crippen molar-refractivity contribution in [2.75, 3.05) is 79.2 Å². The van der Waals surface area contributed by atoms with Crippen molar-refractivity contribution in [2.45, 2.75) is 102 Å². The van der Waals surface area contributed by atoms with Crippen LogP contribution in [0.4, 0.5) is 11.4 Å². The summed E-state index contributed by atoms with van der Waals surface area (Å²) >= 11 is 0. The highest BCUT2D eigenvalue weighted by Gasteiger charge is 2.45. The molecule has 3 heterocycles. The highest BCUT2D eigenvalue weighted by Crippen LogP contribution is 2.48. The number of fused-ring (bicyclic) bond motifs is 2. The number of ether oxygens (including phenoxy) is 3. The molecule has 14 nitrogen and oxygen atoms in total. The van der Waals surface area contributed by atoms with Crippen LogP contribution in [-0.4, -0.2) is 125 Å². The summed E-state index contributed by atoms with van der Waals surface area (Å²) < 4.78 is 55.1. The third-order valence-corrected chi connectivity index (χ3v) is 14.0. The molecule has 0 unspecified atom stereocenters. The second-order valence-electron chi connectivity index (χ2n) is 19.1. The molecule has 0 bridgehead atoms. The molecule has 1 saturated heterocycles. The highest BCUT2D eigenvalue weighted by atomic mass is 32.2. The molecule has 1 fully saturated rings. The van der Waals surface area contributed by atoms with Crippen molar-refractivity contribution in [3.63, 3.8) is 0 Å². The number of nitrogens with zero attached hydrogens (tertiary/aromatic N) is 4. The van der Waals surface area contributed by atoms with Gasteiger partial charge in [0, 0.05) is 81.0 Å². The number of methoxy groups -OCH3 is 2. The Kier molecular flexibility index (Phi) is 15.5. The molecule has 0 radical (unpaired) electrons. The molecule has 4 aliphatic rings. The molecule has 1 aliphatic carbocycles. The summed E-state index contributed by atoms with van der Waals surface area (Å²) in [6.45, 7) is 15.0. The Morgan fingerprint density at radius 3 is 2.26 bits per heavy atom. The van der Waals surface area contributed by atoms with Gasteiger partial charge in [-0.1, -0.05) is 37.6 Å². The van der Waals surface area contributed by atoms with E-state index in [4.69, 9.17) is 19.0 Å². The zero-order chi connectivity index (χ0) is 47.3. The Hall–Kier alpha value is -4.93. The fourth-order valence-electron chi connectivity index (χ4n) is 9.45.